The van der Waals surface area contributed by atoms with Crippen LogP contribution in [0.5, 0.6) is 5.88 Å². The van der Waals surface area contributed by atoms with E-state index in [0.717, 1.165) is 11.4 Å². The number of carbonyl (C=O) groups excluding carboxylic acids is 1. The predicted octanol–water partition coefficient (Wildman–Crippen LogP) is 4.58. The largest absolute Gasteiger partial charge is 0.479 e. The fourth-order valence-electron chi connectivity index (χ4n) is 3.24. The van der Waals surface area contributed by atoms with Crippen LogP contribution in [0.3, 0.4) is 0 Å². The lowest BCUT2D eigenvalue weighted by Crippen LogP contribution is -2.12. The summed E-state index contributed by atoms with van der Waals surface area (Å²) in [5.41, 5.74) is 3.99. The van der Waals surface area contributed by atoms with E-state index >= 15 is 0 Å². The van der Waals surface area contributed by atoms with Crippen molar-refractivity contribution in [2.45, 2.75) is 13.8 Å². The Bertz CT molecular complexity index is 1270. The Labute approximate surface area is 191 Å². The Kier molecular flexibility index (Phi) is 6.21. The minimum Gasteiger partial charge on any atom is -0.479 e. The van der Waals surface area contributed by atoms with Gasteiger partial charge in [0.25, 0.3) is 5.91 Å². The number of benzene rings is 2. The van der Waals surface area contributed by atoms with Gasteiger partial charge in [-0.05, 0) is 50.2 Å². The Morgan fingerprint density at radius 1 is 0.879 bits per heavy atom. The molecule has 2 heterocycles. The molecule has 1 amide bonds. The van der Waals surface area contributed by atoms with Gasteiger partial charge in [-0.1, -0.05) is 17.7 Å². The number of carbonyl (C=O) groups is 1. The standard InChI is InChI=1S/C24H25N7O2/c1-15-5-7-17(8-6-15)27-21-13-22(26-16(2)25-21)28-18-9-11-19(12-10-18)29-23(32)20-14-31(3)30-24(20)33-4/h5-14H,1-4H3,(H,29,32)(H2,25,26,27,28). The number of rotatable bonds is 7. The van der Waals surface area contributed by atoms with Gasteiger partial charge in [-0.3, -0.25) is 9.48 Å². The monoisotopic (exact) mass is 443 g/mol. The number of amides is 1. The first-order valence-electron chi connectivity index (χ1n) is 10.3. The van der Waals surface area contributed by atoms with Gasteiger partial charge >= 0.3 is 0 Å². The maximum atomic E-state index is 12.5. The summed E-state index contributed by atoms with van der Waals surface area (Å²) in [6.45, 7) is 3.89. The van der Waals surface area contributed by atoms with Crippen molar-refractivity contribution in [3.63, 3.8) is 0 Å². The molecule has 0 bridgehead atoms. The first-order chi connectivity index (χ1) is 15.9. The van der Waals surface area contributed by atoms with Gasteiger partial charge in [0.1, 0.15) is 23.0 Å². The Morgan fingerprint density at radius 2 is 1.42 bits per heavy atom. The lowest BCUT2D eigenvalue weighted by Gasteiger charge is -2.11. The fraction of sp³-hybridized carbons (Fsp3) is 0.167. The number of hydrogen-bond donors (Lipinski definition) is 3. The maximum Gasteiger partial charge on any atom is 0.262 e. The molecule has 4 rings (SSSR count). The van der Waals surface area contributed by atoms with Crippen molar-refractivity contribution in [2.24, 2.45) is 7.05 Å². The summed E-state index contributed by atoms with van der Waals surface area (Å²) in [6, 6.07) is 17.3. The van der Waals surface area contributed by atoms with E-state index in [-0.39, 0.29) is 11.8 Å². The SMILES string of the molecule is COc1nn(C)cc1C(=O)Nc1ccc(Nc2cc(Nc3ccc(C)cc3)nc(C)n2)cc1. The number of aryl methyl sites for hydroxylation is 3. The van der Waals surface area contributed by atoms with Gasteiger partial charge in [-0.15, -0.1) is 5.10 Å². The van der Waals surface area contributed by atoms with Crippen LogP contribution < -0.4 is 20.7 Å². The highest BCUT2D eigenvalue weighted by molar-refractivity contribution is 6.05. The van der Waals surface area contributed by atoms with Gasteiger partial charge in [-0.25, -0.2) is 9.97 Å². The molecule has 4 aromatic rings. The Morgan fingerprint density at radius 3 is 2.00 bits per heavy atom. The van der Waals surface area contributed by atoms with E-state index in [0.29, 0.717) is 28.7 Å². The van der Waals surface area contributed by atoms with Crippen LogP contribution in [0.4, 0.5) is 28.7 Å². The van der Waals surface area contributed by atoms with Crippen LogP contribution >= 0.6 is 0 Å². The summed E-state index contributed by atoms with van der Waals surface area (Å²) in [6.07, 6.45) is 1.61. The fourth-order valence-corrected chi connectivity index (χ4v) is 3.24. The molecule has 0 atom stereocenters. The smallest absolute Gasteiger partial charge is 0.262 e. The van der Waals surface area contributed by atoms with Crippen LogP contribution in [0.15, 0.2) is 60.8 Å². The minimum atomic E-state index is -0.293. The van der Waals surface area contributed by atoms with Crippen molar-refractivity contribution in [2.75, 3.05) is 23.1 Å². The van der Waals surface area contributed by atoms with Gasteiger partial charge in [0.2, 0.25) is 5.88 Å². The molecule has 168 valence electrons. The van der Waals surface area contributed by atoms with Gasteiger partial charge in [0, 0.05) is 36.4 Å². The molecule has 33 heavy (non-hydrogen) atoms. The summed E-state index contributed by atoms with van der Waals surface area (Å²) in [4.78, 5) is 21.5. The van der Waals surface area contributed by atoms with Gasteiger partial charge in [0.15, 0.2) is 0 Å². The molecule has 9 heteroatoms. The second kappa shape index (κ2) is 9.39. The third-order valence-corrected chi connectivity index (χ3v) is 4.81. The van der Waals surface area contributed by atoms with E-state index in [1.807, 2.05) is 68.4 Å². The molecule has 2 aromatic heterocycles. The van der Waals surface area contributed by atoms with Crippen molar-refractivity contribution in [1.29, 1.82) is 0 Å². The molecule has 3 N–H and O–H groups in total. The van der Waals surface area contributed by atoms with E-state index in [9.17, 15) is 4.79 Å². The average molecular weight is 444 g/mol. The van der Waals surface area contributed by atoms with Crippen molar-refractivity contribution in [1.82, 2.24) is 19.7 Å². The number of hydrogen-bond acceptors (Lipinski definition) is 7. The van der Waals surface area contributed by atoms with Crippen LogP contribution in [0.1, 0.15) is 21.7 Å². The second-order valence-corrected chi connectivity index (χ2v) is 7.56. The summed E-state index contributed by atoms with van der Waals surface area (Å²) >= 11 is 0. The first kappa shape index (κ1) is 21.8. The molecule has 2 aromatic carbocycles. The summed E-state index contributed by atoms with van der Waals surface area (Å²) in [5.74, 6) is 1.99. The lowest BCUT2D eigenvalue weighted by molar-refractivity contribution is 0.102. The van der Waals surface area contributed by atoms with Crippen molar-refractivity contribution in [3.05, 3.63) is 77.7 Å². The van der Waals surface area contributed by atoms with Crippen LogP contribution in [-0.2, 0) is 7.05 Å². The number of nitrogens with zero attached hydrogens (tertiary/aromatic N) is 4. The highest BCUT2D eigenvalue weighted by Crippen LogP contribution is 2.23. The molecular formula is C24H25N7O2. The number of ether oxygens (including phenoxy) is 1. The number of aromatic nitrogens is 4. The zero-order chi connectivity index (χ0) is 23.4. The van der Waals surface area contributed by atoms with Gasteiger partial charge < -0.3 is 20.7 Å². The molecule has 0 spiro atoms. The molecule has 0 aliphatic heterocycles. The zero-order valence-electron chi connectivity index (χ0n) is 18.9. The lowest BCUT2D eigenvalue weighted by atomic mass is 10.2. The van der Waals surface area contributed by atoms with Crippen LogP contribution in [0, 0.1) is 13.8 Å². The maximum absolute atomic E-state index is 12.5. The van der Waals surface area contributed by atoms with Gasteiger partial charge in [-0.2, -0.15) is 0 Å². The molecule has 0 saturated heterocycles. The molecule has 0 aliphatic carbocycles. The average Bonchev–Trinajstić information content (AvgIpc) is 3.17. The van der Waals surface area contributed by atoms with Crippen molar-refractivity contribution < 1.29 is 9.53 Å². The predicted molar refractivity (Wildman–Crippen MR) is 129 cm³/mol. The van der Waals surface area contributed by atoms with E-state index in [2.05, 4.69) is 31.0 Å². The number of methoxy groups -OCH3 is 1. The summed E-state index contributed by atoms with van der Waals surface area (Å²) in [5, 5.41) is 13.5. The Balaban J connectivity index is 1.43. The van der Waals surface area contributed by atoms with Crippen LogP contribution in [-0.4, -0.2) is 32.8 Å². The number of anilines is 5. The molecule has 0 saturated carbocycles. The zero-order valence-corrected chi connectivity index (χ0v) is 18.9. The summed E-state index contributed by atoms with van der Waals surface area (Å²) < 4.78 is 6.69. The molecule has 0 fully saturated rings. The normalized spacial score (nSPS) is 10.5. The quantitative estimate of drug-likeness (QED) is 0.384. The van der Waals surface area contributed by atoms with E-state index in [4.69, 9.17) is 4.74 Å². The number of nitrogens with one attached hydrogen (secondary N) is 3. The van der Waals surface area contributed by atoms with E-state index in [1.165, 1.54) is 17.4 Å². The Hall–Kier alpha value is -4.40. The molecular weight excluding hydrogens is 418 g/mol. The summed E-state index contributed by atoms with van der Waals surface area (Å²) in [7, 11) is 3.21. The van der Waals surface area contributed by atoms with E-state index in [1.54, 1.807) is 13.2 Å². The van der Waals surface area contributed by atoms with Gasteiger partial charge in [0.05, 0.1) is 7.11 Å². The molecule has 9 nitrogen and oxygen atoms in total. The topological polar surface area (TPSA) is 106 Å². The second-order valence-electron chi connectivity index (χ2n) is 7.56. The van der Waals surface area contributed by atoms with Crippen molar-refractivity contribution in [3.8, 4) is 5.88 Å². The molecule has 0 radical (unpaired) electrons. The molecule has 0 unspecified atom stereocenters. The van der Waals surface area contributed by atoms with Crippen molar-refractivity contribution >= 4 is 34.6 Å². The minimum absolute atomic E-state index is 0.280. The van der Waals surface area contributed by atoms with E-state index < -0.39 is 0 Å². The van der Waals surface area contributed by atoms with Crippen LogP contribution in [0.25, 0.3) is 0 Å². The van der Waals surface area contributed by atoms with Crippen LogP contribution in [0.2, 0.25) is 0 Å². The molecule has 0 aliphatic rings. The third kappa shape index (κ3) is 5.45. The highest BCUT2D eigenvalue weighted by Gasteiger charge is 2.16. The highest BCUT2D eigenvalue weighted by atomic mass is 16.5. The first-order valence-corrected chi connectivity index (χ1v) is 10.3. The third-order valence-electron chi connectivity index (χ3n) is 4.81.